The molecular formula is C32H32N4O9S2. The molecule has 3 aromatic rings. The number of phenolic OH excluding ortho intramolecular Hbond substituents is 1. The second kappa shape index (κ2) is 11.1. The van der Waals surface area contributed by atoms with Crippen molar-refractivity contribution < 1.29 is 42.6 Å². The van der Waals surface area contributed by atoms with Gasteiger partial charge in [0.25, 0.3) is 10.0 Å². The van der Waals surface area contributed by atoms with E-state index in [9.17, 15) is 42.6 Å². The fraction of sp³-hybridized carbons (Fsp3) is 0.375. The number of carbonyl (C=O) groups excluding carboxylic acids is 5. The molecule has 6 atom stereocenters. The minimum absolute atomic E-state index is 0.0734. The highest BCUT2D eigenvalue weighted by atomic mass is 32.2. The van der Waals surface area contributed by atoms with Gasteiger partial charge in [0.05, 0.1) is 23.2 Å². The molecule has 3 aliphatic rings. The van der Waals surface area contributed by atoms with Crippen LogP contribution < -0.4 is 10.5 Å². The number of nitrogens with two attached hydrogens (primary N) is 1. The van der Waals surface area contributed by atoms with Crippen molar-refractivity contribution in [3.63, 3.8) is 0 Å². The molecule has 0 bridgehead atoms. The molecule has 5 N–H and O–H groups in total. The molecule has 0 radical (unpaired) electrons. The molecule has 47 heavy (non-hydrogen) atoms. The first kappa shape index (κ1) is 32.6. The number of primary amides is 1. The molecule has 246 valence electrons. The molecule has 0 saturated heterocycles. The number of aromatic nitrogens is 1. The first-order valence-electron chi connectivity index (χ1n) is 14.8. The van der Waals surface area contributed by atoms with E-state index in [1.807, 2.05) is 0 Å². The van der Waals surface area contributed by atoms with Crippen LogP contribution in [0.1, 0.15) is 32.9 Å². The Kier molecular flexibility index (Phi) is 7.74. The third-order valence-electron chi connectivity index (χ3n) is 9.63. The lowest BCUT2D eigenvalue weighted by molar-refractivity contribution is -0.181. The standard InChI is InChI=1S/C32H32N4O9S2/c1-13-28(14(2)46-34-13)47(44,45)35-17-7-5-15(6-8-17)18-9-10-21(37)23-19(18)11-16-12-20-25(36(3)4)27(39)24(31(33)42)30(41)32(20,43)29(40)22(16)26(23)38/h5-10,16,20,22,24-25,35,37,43H,11-12H2,1-4H3,(H2,33,42). The van der Waals surface area contributed by atoms with Crippen LogP contribution in [0.2, 0.25) is 0 Å². The predicted octanol–water partition coefficient (Wildman–Crippen LogP) is 1.41. The number of hydrogen-bond donors (Lipinski definition) is 4. The minimum atomic E-state index is -3.91. The predicted molar refractivity (Wildman–Crippen MR) is 169 cm³/mol. The number of carbonyl (C=O) groups is 5. The van der Waals surface area contributed by atoms with Gasteiger partial charge in [0.2, 0.25) is 5.91 Å². The van der Waals surface area contributed by atoms with E-state index in [1.54, 1.807) is 44.2 Å². The number of nitrogens with one attached hydrogen (secondary N) is 1. The Hall–Kier alpha value is -4.31. The molecule has 3 aliphatic carbocycles. The van der Waals surface area contributed by atoms with Crippen molar-refractivity contribution in [3.05, 3.63) is 58.1 Å². The summed E-state index contributed by atoms with van der Waals surface area (Å²) in [5.41, 5.74) is 4.69. The Bertz CT molecular complexity index is 1980. The Morgan fingerprint density at radius 1 is 1.06 bits per heavy atom. The maximum atomic E-state index is 14.0. The van der Waals surface area contributed by atoms with Gasteiger partial charge in [-0.2, -0.15) is 4.37 Å². The molecule has 0 spiro atoms. The number of ketones is 4. The van der Waals surface area contributed by atoms with Crippen LogP contribution in [0, 0.1) is 37.5 Å². The van der Waals surface area contributed by atoms with Crippen molar-refractivity contribution in [1.82, 2.24) is 9.27 Å². The monoisotopic (exact) mass is 680 g/mol. The lowest BCUT2D eigenvalue weighted by Gasteiger charge is -2.52. The highest BCUT2D eigenvalue weighted by Gasteiger charge is 2.69. The summed E-state index contributed by atoms with van der Waals surface area (Å²) in [4.78, 5) is 69.0. The highest BCUT2D eigenvalue weighted by Crippen LogP contribution is 2.51. The Morgan fingerprint density at radius 3 is 2.30 bits per heavy atom. The molecule has 1 aromatic heterocycles. The van der Waals surface area contributed by atoms with Crippen molar-refractivity contribution in [2.45, 2.75) is 43.2 Å². The zero-order chi connectivity index (χ0) is 34.3. The van der Waals surface area contributed by atoms with Gasteiger partial charge in [-0.05, 0) is 93.1 Å². The van der Waals surface area contributed by atoms with Gasteiger partial charge in [0, 0.05) is 16.5 Å². The zero-order valence-electron chi connectivity index (χ0n) is 25.8. The fourth-order valence-corrected chi connectivity index (χ4v) is 10.1. The number of rotatable bonds is 6. The molecule has 6 unspecified atom stereocenters. The van der Waals surface area contributed by atoms with Crippen LogP contribution in [0.4, 0.5) is 5.69 Å². The lowest BCUT2D eigenvalue weighted by atomic mass is 9.52. The lowest BCUT2D eigenvalue weighted by Crippen LogP contribution is -2.74. The minimum Gasteiger partial charge on any atom is -0.507 e. The number of phenols is 1. The molecule has 2 aromatic carbocycles. The molecular weight excluding hydrogens is 649 g/mol. The van der Waals surface area contributed by atoms with Crippen LogP contribution in [0.15, 0.2) is 41.3 Å². The van der Waals surface area contributed by atoms with Crippen molar-refractivity contribution in [2.75, 3.05) is 18.8 Å². The van der Waals surface area contributed by atoms with Crippen molar-refractivity contribution >= 4 is 56.3 Å². The maximum Gasteiger partial charge on any atom is 0.264 e. The fourth-order valence-electron chi connectivity index (χ4n) is 7.66. The van der Waals surface area contributed by atoms with Gasteiger partial charge in [-0.25, -0.2) is 8.42 Å². The average Bonchev–Trinajstić information content (AvgIpc) is 3.33. The van der Waals surface area contributed by atoms with Crippen molar-refractivity contribution in [3.8, 4) is 16.9 Å². The number of aromatic hydroxyl groups is 1. The van der Waals surface area contributed by atoms with Crippen LogP contribution in [-0.4, -0.2) is 82.7 Å². The second-order valence-electron chi connectivity index (χ2n) is 12.6. The van der Waals surface area contributed by atoms with Crippen LogP contribution in [0.25, 0.3) is 11.1 Å². The van der Waals surface area contributed by atoms with Gasteiger partial charge >= 0.3 is 0 Å². The topological polar surface area (TPSA) is 214 Å². The van der Waals surface area contributed by atoms with E-state index < -0.39 is 74.4 Å². The average molecular weight is 681 g/mol. The van der Waals surface area contributed by atoms with Gasteiger partial charge in [0.15, 0.2) is 34.7 Å². The van der Waals surface area contributed by atoms with E-state index in [4.69, 9.17) is 5.73 Å². The smallest absolute Gasteiger partial charge is 0.264 e. The number of Topliss-reactive ketones (excluding diaryl/α,β-unsaturated/α-hetero) is 4. The first-order valence-corrected chi connectivity index (χ1v) is 17.0. The molecule has 0 aliphatic heterocycles. The number of anilines is 1. The third-order valence-corrected chi connectivity index (χ3v) is 12.2. The van der Waals surface area contributed by atoms with Crippen LogP contribution in [0.3, 0.4) is 0 Å². The number of fused-ring (bicyclic) bond motifs is 3. The van der Waals surface area contributed by atoms with Crippen LogP contribution in [0.5, 0.6) is 5.75 Å². The zero-order valence-corrected chi connectivity index (χ0v) is 27.4. The van der Waals surface area contributed by atoms with Crippen LogP contribution in [-0.2, 0) is 35.6 Å². The number of aliphatic hydroxyl groups is 1. The summed E-state index contributed by atoms with van der Waals surface area (Å²) < 4.78 is 32.7. The Labute approximate surface area is 274 Å². The number of likely N-dealkylation sites (N-methyl/N-ethyl adjacent to an activating group) is 1. The van der Waals surface area contributed by atoms with Gasteiger partial charge in [-0.15, -0.1) is 0 Å². The molecule has 6 rings (SSSR count). The molecule has 2 saturated carbocycles. The van der Waals surface area contributed by atoms with E-state index in [0.717, 1.165) is 11.5 Å². The maximum absolute atomic E-state index is 14.0. The SMILES string of the molecule is Cc1nsc(C)c1S(=O)(=O)Nc1ccc(-c2ccc(O)c3c2CC2CC4C(N(C)C)C(=O)C(C(N)=O)C(=O)C4(O)C(=O)C2C3=O)cc1. The summed E-state index contributed by atoms with van der Waals surface area (Å²) in [6.07, 6.45) is 0.0175. The largest absolute Gasteiger partial charge is 0.507 e. The third kappa shape index (κ3) is 4.82. The molecule has 15 heteroatoms. The second-order valence-corrected chi connectivity index (χ2v) is 15.2. The summed E-state index contributed by atoms with van der Waals surface area (Å²) >= 11 is 1.09. The van der Waals surface area contributed by atoms with E-state index in [0.29, 0.717) is 27.3 Å². The number of hydrogen-bond acceptors (Lipinski definition) is 12. The number of sulfonamides is 1. The summed E-state index contributed by atoms with van der Waals surface area (Å²) in [5.74, 6) is -11.2. The van der Waals surface area contributed by atoms with Gasteiger partial charge in [-0.1, -0.05) is 18.2 Å². The highest BCUT2D eigenvalue weighted by molar-refractivity contribution is 7.93. The Balaban J connectivity index is 1.37. The van der Waals surface area contributed by atoms with Gasteiger partial charge < -0.3 is 15.9 Å². The van der Waals surface area contributed by atoms with E-state index in [2.05, 4.69) is 9.10 Å². The van der Waals surface area contributed by atoms with E-state index in [-0.39, 0.29) is 34.7 Å². The normalized spacial score (nSPS) is 27.3. The first-order chi connectivity index (χ1) is 22.0. The Morgan fingerprint density at radius 2 is 1.72 bits per heavy atom. The molecule has 13 nitrogen and oxygen atoms in total. The van der Waals surface area contributed by atoms with Crippen molar-refractivity contribution in [2.24, 2.45) is 29.4 Å². The van der Waals surface area contributed by atoms with Crippen molar-refractivity contribution in [1.29, 1.82) is 0 Å². The number of nitrogens with zero attached hydrogens (tertiary/aromatic N) is 2. The van der Waals surface area contributed by atoms with E-state index >= 15 is 0 Å². The quantitative estimate of drug-likeness (QED) is 0.273. The van der Waals surface area contributed by atoms with E-state index in [1.165, 1.54) is 25.1 Å². The summed E-state index contributed by atoms with van der Waals surface area (Å²) in [5, 5.41) is 22.6. The van der Waals surface area contributed by atoms with Gasteiger partial charge in [0.1, 0.15) is 10.6 Å². The molecule has 2 fully saturated rings. The summed E-state index contributed by atoms with van der Waals surface area (Å²) in [6.45, 7) is 3.29. The number of benzene rings is 2. The molecule has 1 heterocycles. The van der Waals surface area contributed by atoms with Crippen LogP contribution >= 0.6 is 11.5 Å². The number of aryl methyl sites for hydroxylation is 2. The molecule has 1 amide bonds. The summed E-state index contributed by atoms with van der Waals surface area (Å²) in [6, 6.07) is 8.14. The van der Waals surface area contributed by atoms with Gasteiger partial charge in [-0.3, -0.25) is 33.6 Å². The number of amides is 1. The summed E-state index contributed by atoms with van der Waals surface area (Å²) in [7, 11) is -0.861.